The monoisotopic (exact) mass is 414 g/mol. The molecule has 0 bridgehead atoms. The number of rotatable bonds is 4. The van der Waals surface area contributed by atoms with Crippen LogP contribution in [0.3, 0.4) is 0 Å². The van der Waals surface area contributed by atoms with Gasteiger partial charge < -0.3 is 10.1 Å². The molecule has 0 aliphatic carbocycles. The summed E-state index contributed by atoms with van der Waals surface area (Å²) in [7, 11) is -3.46. The topological polar surface area (TPSA) is 84.5 Å². The minimum Gasteiger partial charge on any atom is -0.444 e. The summed E-state index contributed by atoms with van der Waals surface area (Å²) in [6.45, 7) is 7.19. The van der Waals surface area contributed by atoms with E-state index in [4.69, 9.17) is 4.74 Å². The van der Waals surface area contributed by atoms with Crippen molar-refractivity contribution < 1.29 is 17.9 Å². The molecule has 1 atom stereocenters. The summed E-state index contributed by atoms with van der Waals surface area (Å²) in [5.74, 6) is 6.05. The quantitative estimate of drug-likeness (QED) is 0.740. The molecule has 2 N–H and O–H groups in total. The Morgan fingerprint density at radius 1 is 1.07 bits per heavy atom. The van der Waals surface area contributed by atoms with Crippen molar-refractivity contribution in [1.29, 1.82) is 0 Å². The van der Waals surface area contributed by atoms with Gasteiger partial charge in [-0.15, -0.1) is 0 Å². The molecule has 154 valence electrons. The fourth-order valence-corrected chi connectivity index (χ4v) is 3.03. The molecule has 0 saturated carbocycles. The molecule has 0 radical (unpaired) electrons. The summed E-state index contributed by atoms with van der Waals surface area (Å²) in [6.07, 6.45) is 0.558. The van der Waals surface area contributed by atoms with Crippen molar-refractivity contribution in [3.63, 3.8) is 0 Å². The van der Waals surface area contributed by atoms with Crippen molar-refractivity contribution >= 4 is 21.8 Å². The zero-order valence-electron chi connectivity index (χ0n) is 17.2. The summed E-state index contributed by atoms with van der Waals surface area (Å²) in [5.41, 5.74) is 1.87. The van der Waals surface area contributed by atoms with Crippen molar-refractivity contribution in [3.8, 4) is 11.8 Å². The fourth-order valence-electron chi connectivity index (χ4n) is 2.45. The predicted octanol–water partition coefficient (Wildman–Crippen LogP) is 4.04. The summed E-state index contributed by atoms with van der Waals surface area (Å²) in [6, 6.07) is 14.2. The van der Waals surface area contributed by atoms with Gasteiger partial charge in [0.2, 0.25) is 10.0 Å². The maximum atomic E-state index is 12.0. The Bertz CT molecular complexity index is 1030. The van der Waals surface area contributed by atoms with Crippen LogP contribution in [0, 0.1) is 11.8 Å². The minimum atomic E-state index is -3.46. The van der Waals surface area contributed by atoms with E-state index in [1.54, 1.807) is 39.0 Å². The lowest BCUT2D eigenvalue weighted by Crippen LogP contribution is -2.34. The lowest BCUT2D eigenvalue weighted by Gasteiger charge is -2.22. The van der Waals surface area contributed by atoms with E-state index in [0.717, 1.165) is 17.4 Å². The second kappa shape index (κ2) is 9.01. The smallest absolute Gasteiger partial charge is 0.408 e. The molecular weight excluding hydrogens is 388 g/mol. The van der Waals surface area contributed by atoms with Gasteiger partial charge in [0.05, 0.1) is 18.0 Å². The number of hydrogen-bond acceptors (Lipinski definition) is 4. The second-order valence-corrected chi connectivity index (χ2v) is 9.41. The third kappa shape index (κ3) is 7.88. The Labute approximate surface area is 172 Å². The van der Waals surface area contributed by atoms with E-state index >= 15 is 0 Å². The first-order valence-electron chi connectivity index (χ1n) is 9.11. The van der Waals surface area contributed by atoms with Crippen LogP contribution in [0.15, 0.2) is 48.5 Å². The van der Waals surface area contributed by atoms with Gasteiger partial charge in [-0.25, -0.2) is 13.2 Å². The zero-order chi connectivity index (χ0) is 21.7. The molecule has 0 aliphatic rings. The molecule has 2 aromatic rings. The number of benzene rings is 2. The zero-order valence-corrected chi connectivity index (χ0v) is 18.1. The third-order valence-electron chi connectivity index (χ3n) is 3.69. The molecule has 2 aromatic carbocycles. The van der Waals surface area contributed by atoms with Gasteiger partial charge in [-0.2, -0.15) is 0 Å². The number of nitrogens with one attached hydrogen (secondary N) is 2. The molecule has 0 aliphatic heterocycles. The summed E-state index contributed by atoms with van der Waals surface area (Å²) in [5, 5.41) is 2.77. The van der Waals surface area contributed by atoms with Crippen LogP contribution in [0.4, 0.5) is 10.5 Å². The van der Waals surface area contributed by atoms with Gasteiger partial charge in [0.1, 0.15) is 5.60 Å². The van der Waals surface area contributed by atoms with Gasteiger partial charge in [-0.1, -0.05) is 36.1 Å². The molecule has 29 heavy (non-hydrogen) atoms. The van der Waals surface area contributed by atoms with E-state index < -0.39 is 21.7 Å². The van der Waals surface area contributed by atoms with Gasteiger partial charge in [0.25, 0.3) is 0 Å². The molecule has 0 spiro atoms. The number of carbonyl (C=O) groups excluding carboxylic acids is 1. The summed E-state index contributed by atoms with van der Waals surface area (Å²) >= 11 is 0. The number of ether oxygens (including phenoxy) is 1. The van der Waals surface area contributed by atoms with Crippen LogP contribution in [0.2, 0.25) is 0 Å². The lowest BCUT2D eigenvalue weighted by molar-refractivity contribution is 0.0508. The normalized spacial score (nSPS) is 12.3. The van der Waals surface area contributed by atoms with Crippen LogP contribution in [0.1, 0.15) is 50.4 Å². The van der Waals surface area contributed by atoms with Gasteiger partial charge in [-0.3, -0.25) is 4.72 Å². The minimum absolute atomic E-state index is 0.352. The number of amides is 1. The van der Waals surface area contributed by atoms with E-state index in [1.807, 2.05) is 37.3 Å². The highest BCUT2D eigenvalue weighted by molar-refractivity contribution is 7.92. The van der Waals surface area contributed by atoms with Crippen LogP contribution in [-0.2, 0) is 14.8 Å². The van der Waals surface area contributed by atoms with Crippen molar-refractivity contribution in [2.75, 3.05) is 11.0 Å². The number of hydrogen-bond donors (Lipinski definition) is 2. The molecule has 2 rings (SSSR count). The largest absolute Gasteiger partial charge is 0.444 e. The van der Waals surface area contributed by atoms with Crippen molar-refractivity contribution in [2.45, 2.75) is 39.3 Å². The number of alkyl carbamates (subject to hydrolysis) is 1. The number of sulfonamides is 1. The lowest BCUT2D eigenvalue weighted by atomic mass is 10.0. The molecule has 7 heteroatoms. The molecule has 1 amide bonds. The fraction of sp³-hybridized carbons (Fsp3) is 0.318. The third-order valence-corrected chi connectivity index (χ3v) is 4.28. The molecule has 0 aromatic heterocycles. The molecule has 0 heterocycles. The van der Waals surface area contributed by atoms with E-state index in [-0.39, 0.29) is 6.04 Å². The second-order valence-electron chi connectivity index (χ2n) is 7.66. The van der Waals surface area contributed by atoms with Crippen molar-refractivity contribution in [3.05, 3.63) is 65.2 Å². The SMILES string of the molecule is C[C@@H](NC(=O)OC(C)(C)C)c1ccc(NS(C)(=O)=O)c(C#Cc2ccccc2)c1. The maximum Gasteiger partial charge on any atom is 0.408 e. The van der Waals surface area contributed by atoms with E-state index in [9.17, 15) is 13.2 Å². The van der Waals surface area contributed by atoms with Crippen LogP contribution < -0.4 is 10.0 Å². The van der Waals surface area contributed by atoms with Crippen LogP contribution >= 0.6 is 0 Å². The molecule has 0 fully saturated rings. The Morgan fingerprint density at radius 3 is 2.31 bits per heavy atom. The first-order chi connectivity index (χ1) is 13.4. The van der Waals surface area contributed by atoms with E-state index in [2.05, 4.69) is 21.9 Å². The van der Waals surface area contributed by atoms with Crippen LogP contribution in [0.5, 0.6) is 0 Å². The highest BCUT2D eigenvalue weighted by Gasteiger charge is 2.19. The maximum absolute atomic E-state index is 12.0. The first kappa shape index (κ1) is 22.3. The molecule has 0 saturated heterocycles. The summed E-state index contributed by atoms with van der Waals surface area (Å²) in [4.78, 5) is 12.0. The van der Waals surface area contributed by atoms with Crippen molar-refractivity contribution in [1.82, 2.24) is 5.32 Å². The Balaban J connectivity index is 2.33. The highest BCUT2D eigenvalue weighted by Crippen LogP contribution is 2.22. The Morgan fingerprint density at radius 2 is 1.72 bits per heavy atom. The predicted molar refractivity (Wildman–Crippen MR) is 115 cm³/mol. The average Bonchev–Trinajstić information content (AvgIpc) is 2.58. The van der Waals surface area contributed by atoms with Crippen LogP contribution in [-0.4, -0.2) is 26.4 Å². The first-order valence-corrected chi connectivity index (χ1v) is 11.0. The highest BCUT2D eigenvalue weighted by atomic mass is 32.2. The van der Waals surface area contributed by atoms with E-state index in [1.165, 1.54) is 0 Å². The Hall–Kier alpha value is -2.98. The molecule has 6 nitrogen and oxygen atoms in total. The number of carbonyl (C=O) groups is 1. The van der Waals surface area contributed by atoms with E-state index in [0.29, 0.717) is 11.3 Å². The summed E-state index contributed by atoms with van der Waals surface area (Å²) < 4.78 is 31.1. The van der Waals surface area contributed by atoms with Gasteiger partial charge >= 0.3 is 6.09 Å². The van der Waals surface area contributed by atoms with Gasteiger partial charge in [-0.05, 0) is 57.5 Å². The Kier molecular flexibility index (Phi) is 6.93. The molecule has 0 unspecified atom stereocenters. The number of anilines is 1. The van der Waals surface area contributed by atoms with Gasteiger partial charge in [0.15, 0.2) is 0 Å². The standard InChI is InChI=1S/C22H26N2O4S/c1-16(23-21(25)28-22(2,3)4)18-13-14-20(24-29(5,26)27)19(15-18)12-11-17-9-7-6-8-10-17/h6-10,13-16,24H,1-5H3,(H,23,25)/t16-/m1/s1. The molecular formula is C22H26N2O4S. The van der Waals surface area contributed by atoms with Crippen molar-refractivity contribution in [2.24, 2.45) is 0 Å². The average molecular weight is 415 g/mol. The van der Waals surface area contributed by atoms with Crippen LogP contribution in [0.25, 0.3) is 0 Å². The van der Waals surface area contributed by atoms with Gasteiger partial charge in [0, 0.05) is 11.1 Å².